The van der Waals surface area contributed by atoms with Gasteiger partial charge in [0.25, 0.3) is 0 Å². The molecule has 1 aliphatic rings. The molecule has 0 amide bonds. The van der Waals surface area contributed by atoms with Crippen molar-refractivity contribution in [3.63, 3.8) is 0 Å². The van der Waals surface area contributed by atoms with Crippen LogP contribution in [0.2, 0.25) is 0 Å². The fourth-order valence-corrected chi connectivity index (χ4v) is 2.23. The standard InChI is InChI=1S/C13H22O3/c1-4-16-12(15)13(2,3)9-11(14)10-7-5-6-8-10/h10H,4-9H2,1-3H3. The SMILES string of the molecule is CCOC(=O)C(C)(C)CC(=O)C1CCCC1. The molecule has 0 spiro atoms. The van der Waals surface area contributed by atoms with Crippen molar-refractivity contribution < 1.29 is 14.3 Å². The van der Waals surface area contributed by atoms with Gasteiger partial charge in [0.15, 0.2) is 0 Å². The van der Waals surface area contributed by atoms with Crippen LogP contribution < -0.4 is 0 Å². The average Bonchev–Trinajstić information content (AvgIpc) is 2.70. The van der Waals surface area contributed by atoms with E-state index in [4.69, 9.17) is 4.74 Å². The summed E-state index contributed by atoms with van der Waals surface area (Å²) in [7, 11) is 0. The lowest BCUT2D eigenvalue weighted by Crippen LogP contribution is -2.31. The van der Waals surface area contributed by atoms with Crippen molar-refractivity contribution in [1.82, 2.24) is 0 Å². The molecule has 1 aliphatic carbocycles. The highest BCUT2D eigenvalue weighted by atomic mass is 16.5. The minimum absolute atomic E-state index is 0.189. The number of hydrogen-bond donors (Lipinski definition) is 0. The van der Waals surface area contributed by atoms with E-state index in [2.05, 4.69) is 0 Å². The summed E-state index contributed by atoms with van der Waals surface area (Å²) in [5.74, 6) is 0.158. The summed E-state index contributed by atoms with van der Waals surface area (Å²) in [6.07, 6.45) is 4.61. The molecule has 0 aliphatic heterocycles. The van der Waals surface area contributed by atoms with E-state index in [1.165, 1.54) is 0 Å². The van der Waals surface area contributed by atoms with E-state index >= 15 is 0 Å². The third-order valence-corrected chi connectivity index (χ3v) is 3.25. The smallest absolute Gasteiger partial charge is 0.311 e. The molecule has 0 aromatic carbocycles. The first kappa shape index (κ1) is 13.2. The molecular formula is C13H22O3. The third kappa shape index (κ3) is 3.32. The number of ether oxygens (including phenoxy) is 1. The van der Waals surface area contributed by atoms with Crippen LogP contribution in [0.1, 0.15) is 52.9 Å². The second-order valence-electron chi connectivity index (χ2n) is 5.23. The first-order valence-electron chi connectivity index (χ1n) is 6.17. The summed E-state index contributed by atoms with van der Waals surface area (Å²) >= 11 is 0. The maximum atomic E-state index is 12.0. The number of esters is 1. The van der Waals surface area contributed by atoms with Gasteiger partial charge in [0.1, 0.15) is 5.78 Å². The lowest BCUT2D eigenvalue weighted by molar-refractivity contribution is -0.155. The van der Waals surface area contributed by atoms with Gasteiger partial charge in [-0.25, -0.2) is 0 Å². The lowest BCUT2D eigenvalue weighted by atomic mass is 9.83. The van der Waals surface area contributed by atoms with Crippen molar-refractivity contribution in [3.8, 4) is 0 Å². The summed E-state index contributed by atoms with van der Waals surface area (Å²) in [4.78, 5) is 23.6. The molecule has 1 rings (SSSR count). The molecule has 0 heterocycles. The van der Waals surface area contributed by atoms with Crippen LogP contribution in [0.4, 0.5) is 0 Å². The summed E-state index contributed by atoms with van der Waals surface area (Å²) in [6, 6.07) is 0. The minimum Gasteiger partial charge on any atom is -0.466 e. The van der Waals surface area contributed by atoms with Crippen molar-refractivity contribution in [1.29, 1.82) is 0 Å². The Hall–Kier alpha value is -0.860. The Kier molecular flexibility index (Phi) is 4.51. The summed E-state index contributed by atoms with van der Waals surface area (Å²) in [5, 5.41) is 0. The second kappa shape index (κ2) is 5.46. The zero-order chi connectivity index (χ0) is 12.2. The van der Waals surface area contributed by atoms with E-state index in [0.717, 1.165) is 25.7 Å². The number of carbonyl (C=O) groups excluding carboxylic acids is 2. The van der Waals surface area contributed by atoms with Crippen LogP contribution >= 0.6 is 0 Å². The molecule has 0 aromatic heterocycles. The number of ketones is 1. The maximum Gasteiger partial charge on any atom is 0.311 e. The van der Waals surface area contributed by atoms with Crippen LogP contribution in [0.15, 0.2) is 0 Å². The van der Waals surface area contributed by atoms with E-state index in [1.54, 1.807) is 20.8 Å². The molecule has 0 unspecified atom stereocenters. The Morgan fingerprint density at radius 3 is 2.31 bits per heavy atom. The van der Waals surface area contributed by atoms with E-state index < -0.39 is 5.41 Å². The van der Waals surface area contributed by atoms with Crippen LogP contribution in [0.25, 0.3) is 0 Å². The van der Waals surface area contributed by atoms with Gasteiger partial charge in [0.05, 0.1) is 12.0 Å². The van der Waals surface area contributed by atoms with Gasteiger partial charge in [0, 0.05) is 12.3 Å². The van der Waals surface area contributed by atoms with Crippen molar-refractivity contribution in [2.45, 2.75) is 52.9 Å². The molecule has 92 valence electrons. The van der Waals surface area contributed by atoms with Crippen LogP contribution in [-0.4, -0.2) is 18.4 Å². The Labute approximate surface area is 97.5 Å². The van der Waals surface area contributed by atoms with Gasteiger partial charge in [-0.3, -0.25) is 9.59 Å². The van der Waals surface area contributed by atoms with Crippen LogP contribution in [0.5, 0.6) is 0 Å². The zero-order valence-electron chi connectivity index (χ0n) is 10.5. The van der Waals surface area contributed by atoms with Crippen LogP contribution in [-0.2, 0) is 14.3 Å². The summed E-state index contributed by atoms with van der Waals surface area (Å²) < 4.78 is 4.98. The first-order chi connectivity index (χ1) is 7.47. The largest absolute Gasteiger partial charge is 0.466 e. The Balaban J connectivity index is 2.50. The van der Waals surface area contributed by atoms with Gasteiger partial charge in [-0.15, -0.1) is 0 Å². The van der Waals surface area contributed by atoms with E-state index in [9.17, 15) is 9.59 Å². The molecule has 0 N–H and O–H groups in total. The highest BCUT2D eigenvalue weighted by molar-refractivity contribution is 5.88. The van der Waals surface area contributed by atoms with Crippen molar-refractivity contribution in [3.05, 3.63) is 0 Å². The van der Waals surface area contributed by atoms with Gasteiger partial charge in [-0.1, -0.05) is 12.8 Å². The first-order valence-corrected chi connectivity index (χ1v) is 6.17. The Morgan fingerprint density at radius 2 is 1.81 bits per heavy atom. The topological polar surface area (TPSA) is 43.4 Å². The fraction of sp³-hybridized carbons (Fsp3) is 0.846. The fourth-order valence-electron chi connectivity index (χ4n) is 2.23. The molecule has 16 heavy (non-hydrogen) atoms. The molecule has 0 saturated heterocycles. The lowest BCUT2D eigenvalue weighted by Gasteiger charge is -2.22. The van der Waals surface area contributed by atoms with Crippen LogP contribution in [0.3, 0.4) is 0 Å². The van der Waals surface area contributed by atoms with Crippen molar-refractivity contribution in [2.75, 3.05) is 6.61 Å². The average molecular weight is 226 g/mol. The number of rotatable bonds is 5. The van der Waals surface area contributed by atoms with E-state index in [-0.39, 0.29) is 17.7 Å². The molecule has 0 radical (unpaired) electrons. The predicted octanol–water partition coefficient (Wildman–Crippen LogP) is 2.73. The van der Waals surface area contributed by atoms with Gasteiger partial charge >= 0.3 is 5.97 Å². The number of Topliss-reactive ketones (excluding diaryl/α,β-unsaturated/α-hetero) is 1. The quantitative estimate of drug-likeness (QED) is 0.677. The predicted molar refractivity (Wildman–Crippen MR) is 62.0 cm³/mol. The normalized spacial score (nSPS) is 17.4. The second-order valence-corrected chi connectivity index (χ2v) is 5.23. The monoisotopic (exact) mass is 226 g/mol. The molecule has 3 heteroatoms. The molecule has 1 saturated carbocycles. The van der Waals surface area contributed by atoms with Crippen molar-refractivity contribution in [2.24, 2.45) is 11.3 Å². The number of carbonyl (C=O) groups is 2. The van der Waals surface area contributed by atoms with Crippen LogP contribution in [0, 0.1) is 11.3 Å². The molecular weight excluding hydrogens is 204 g/mol. The molecule has 0 aromatic rings. The Bertz CT molecular complexity index is 262. The number of hydrogen-bond acceptors (Lipinski definition) is 3. The maximum absolute atomic E-state index is 12.0. The third-order valence-electron chi connectivity index (χ3n) is 3.25. The zero-order valence-corrected chi connectivity index (χ0v) is 10.5. The highest BCUT2D eigenvalue weighted by Gasteiger charge is 2.34. The minimum atomic E-state index is -0.671. The van der Waals surface area contributed by atoms with Gasteiger partial charge in [-0.05, 0) is 33.6 Å². The summed E-state index contributed by atoms with van der Waals surface area (Å²) in [6.45, 7) is 5.74. The van der Waals surface area contributed by atoms with Gasteiger partial charge in [-0.2, -0.15) is 0 Å². The van der Waals surface area contributed by atoms with E-state index in [1.807, 2.05) is 0 Å². The molecule has 0 bridgehead atoms. The van der Waals surface area contributed by atoms with E-state index in [0.29, 0.717) is 13.0 Å². The van der Waals surface area contributed by atoms with Gasteiger partial charge in [0.2, 0.25) is 0 Å². The molecule has 1 fully saturated rings. The summed E-state index contributed by atoms with van der Waals surface area (Å²) in [5.41, 5.74) is -0.671. The van der Waals surface area contributed by atoms with Gasteiger partial charge < -0.3 is 4.74 Å². The van der Waals surface area contributed by atoms with Crippen molar-refractivity contribution >= 4 is 11.8 Å². The molecule has 0 atom stereocenters. The Morgan fingerprint density at radius 1 is 1.25 bits per heavy atom. The molecule has 3 nitrogen and oxygen atoms in total. The highest BCUT2D eigenvalue weighted by Crippen LogP contribution is 2.31.